The van der Waals surface area contributed by atoms with Crippen molar-refractivity contribution in [3.63, 3.8) is 0 Å². The van der Waals surface area contributed by atoms with Gasteiger partial charge in [-0.3, -0.25) is 9.69 Å². The number of hydrogen-bond acceptors (Lipinski definition) is 4. The highest BCUT2D eigenvalue weighted by Gasteiger charge is 2.10. The topological polar surface area (TPSA) is 54.7 Å². The summed E-state index contributed by atoms with van der Waals surface area (Å²) in [5.41, 5.74) is 3.01. The Bertz CT molecular complexity index is 955. The standard InChI is InChI=1S/C24H24N2O3/c27-24(13-11-22-10-12-23(29-22)20-4-2-1-3-5-20)25-21-8-6-19(7-9-21)18-26-14-16-28-17-15-26/h1-13H,14-18H2,(H,25,27)/b13-11+. The number of anilines is 1. The summed E-state index contributed by atoms with van der Waals surface area (Å²) in [4.78, 5) is 14.6. The van der Waals surface area contributed by atoms with E-state index in [-0.39, 0.29) is 5.91 Å². The van der Waals surface area contributed by atoms with Crippen LogP contribution in [-0.4, -0.2) is 37.1 Å². The van der Waals surface area contributed by atoms with E-state index in [0.29, 0.717) is 5.76 Å². The number of carbonyl (C=O) groups is 1. The summed E-state index contributed by atoms with van der Waals surface area (Å²) < 4.78 is 11.2. The first-order valence-corrected chi connectivity index (χ1v) is 9.80. The minimum absolute atomic E-state index is 0.191. The van der Waals surface area contributed by atoms with Crippen molar-refractivity contribution in [1.82, 2.24) is 4.90 Å². The molecule has 2 heterocycles. The Balaban J connectivity index is 1.30. The van der Waals surface area contributed by atoms with Crippen LogP contribution in [0.3, 0.4) is 0 Å². The van der Waals surface area contributed by atoms with Crippen molar-refractivity contribution in [2.45, 2.75) is 6.54 Å². The molecule has 29 heavy (non-hydrogen) atoms. The predicted molar refractivity (Wildman–Crippen MR) is 114 cm³/mol. The number of ether oxygens (including phenoxy) is 1. The molecule has 1 aliphatic rings. The number of nitrogens with zero attached hydrogens (tertiary/aromatic N) is 1. The van der Waals surface area contributed by atoms with Crippen LogP contribution in [0.5, 0.6) is 0 Å². The minimum atomic E-state index is -0.191. The molecule has 0 aliphatic carbocycles. The summed E-state index contributed by atoms with van der Waals surface area (Å²) in [7, 11) is 0. The molecule has 0 radical (unpaired) electrons. The smallest absolute Gasteiger partial charge is 0.248 e. The third-order valence-electron chi connectivity index (χ3n) is 4.82. The average Bonchev–Trinajstić information content (AvgIpc) is 3.24. The first-order chi connectivity index (χ1) is 14.3. The highest BCUT2D eigenvalue weighted by atomic mass is 16.5. The van der Waals surface area contributed by atoms with Crippen LogP contribution >= 0.6 is 0 Å². The molecular weight excluding hydrogens is 364 g/mol. The molecule has 2 aromatic carbocycles. The molecule has 0 spiro atoms. The lowest BCUT2D eigenvalue weighted by Crippen LogP contribution is -2.35. The molecule has 1 aliphatic heterocycles. The maximum atomic E-state index is 12.2. The number of rotatable bonds is 6. The van der Waals surface area contributed by atoms with E-state index in [1.165, 1.54) is 11.6 Å². The third kappa shape index (κ3) is 5.44. The zero-order valence-corrected chi connectivity index (χ0v) is 16.2. The number of benzene rings is 2. The van der Waals surface area contributed by atoms with Gasteiger partial charge in [0.15, 0.2) is 0 Å². The monoisotopic (exact) mass is 388 g/mol. The van der Waals surface area contributed by atoms with E-state index in [0.717, 1.165) is 49.9 Å². The number of amides is 1. The zero-order valence-electron chi connectivity index (χ0n) is 16.2. The summed E-state index contributed by atoms with van der Waals surface area (Å²) in [6, 6.07) is 21.6. The second kappa shape index (κ2) is 9.37. The van der Waals surface area contributed by atoms with Crippen LogP contribution in [0.1, 0.15) is 11.3 Å². The van der Waals surface area contributed by atoms with Crippen molar-refractivity contribution in [2.75, 3.05) is 31.6 Å². The van der Waals surface area contributed by atoms with Gasteiger partial charge < -0.3 is 14.5 Å². The van der Waals surface area contributed by atoms with Crippen LogP contribution in [0.4, 0.5) is 5.69 Å². The van der Waals surface area contributed by atoms with Crippen molar-refractivity contribution < 1.29 is 13.9 Å². The lowest BCUT2D eigenvalue weighted by atomic mass is 10.2. The second-order valence-electron chi connectivity index (χ2n) is 6.98. The molecule has 5 nitrogen and oxygen atoms in total. The van der Waals surface area contributed by atoms with Gasteiger partial charge in [0.1, 0.15) is 11.5 Å². The molecule has 1 amide bonds. The minimum Gasteiger partial charge on any atom is -0.457 e. The molecule has 0 unspecified atom stereocenters. The van der Waals surface area contributed by atoms with Gasteiger partial charge in [-0.1, -0.05) is 42.5 Å². The molecule has 1 saturated heterocycles. The number of furan rings is 1. The molecule has 0 saturated carbocycles. The number of nitrogens with one attached hydrogen (secondary N) is 1. The highest BCUT2D eigenvalue weighted by Crippen LogP contribution is 2.22. The molecule has 0 bridgehead atoms. The molecule has 1 aromatic heterocycles. The quantitative estimate of drug-likeness (QED) is 0.635. The SMILES string of the molecule is O=C(/C=C/c1ccc(-c2ccccc2)o1)Nc1ccc(CN2CCOCC2)cc1. The maximum absolute atomic E-state index is 12.2. The van der Waals surface area contributed by atoms with Crippen LogP contribution in [0.25, 0.3) is 17.4 Å². The van der Waals surface area contributed by atoms with Gasteiger partial charge in [-0.15, -0.1) is 0 Å². The molecular formula is C24H24N2O3. The lowest BCUT2D eigenvalue weighted by molar-refractivity contribution is -0.111. The molecule has 0 atom stereocenters. The molecule has 1 N–H and O–H groups in total. The van der Waals surface area contributed by atoms with Gasteiger partial charge in [0.25, 0.3) is 0 Å². The van der Waals surface area contributed by atoms with E-state index in [4.69, 9.17) is 9.15 Å². The van der Waals surface area contributed by atoms with Gasteiger partial charge in [0.2, 0.25) is 5.91 Å². The summed E-state index contributed by atoms with van der Waals surface area (Å²) in [5, 5.41) is 2.88. The normalized spacial score (nSPS) is 14.9. The summed E-state index contributed by atoms with van der Waals surface area (Å²) >= 11 is 0. The van der Waals surface area contributed by atoms with Crippen LogP contribution < -0.4 is 5.32 Å². The number of carbonyl (C=O) groups excluding carboxylic acids is 1. The molecule has 5 heteroatoms. The fourth-order valence-electron chi connectivity index (χ4n) is 3.25. The number of morpholine rings is 1. The highest BCUT2D eigenvalue weighted by molar-refractivity contribution is 6.01. The fraction of sp³-hybridized carbons (Fsp3) is 0.208. The Morgan fingerprint density at radius 1 is 0.966 bits per heavy atom. The number of hydrogen-bond donors (Lipinski definition) is 1. The zero-order chi connectivity index (χ0) is 19.9. The van der Waals surface area contributed by atoms with E-state index in [2.05, 4.69) is 10.2 Å². The fourth-order valence-corrected chi connectivity index (χ4v) is 3.25. The lowest BCUT2D eigenvalue weighted by Gasteiger charge is -2.26. The average molecular weight is 388 g/mol. The van der Waals surface area contributed by atoms with Crippen molar-refractivity contribution in [3.8, 4) is 11.3 Å². The molecule has 3 aromatic rings. The van der Waals surface area contributed by atoms with Gasteiger partial charge in [0.05, 0.1) is 13.2 Å². The molecule has 148 valence electrons. The Hall–Kier alpha value is -3.15. The second-order valence-corrected chi connectivity index (χ2v) is 6.98. The summed E-state index contributed by atoms with van der Waals surface area (Å²) in [6.07, 6.45) is 3.16. The molecule has 1 fully saturated rings. The van der Waals surface area contributed by atoms with E-state index in [1.807, 2.05) is 66.7 Å². The van der Waals surface area contributed by atoms with Crippen LogP contribution in [0.2, 0.25) is 0 Å². The van der Waals surface area contributed by atoms with Crippen LogP contribution in [-0.2, 0) is 16.1 Å². The van der Waals surface area contributed by atoms with Crippen molar-refractivity contribution >= 4 is 17.7 Å². The van der Waals surface area contributed by atoms with Gasteiger partial charge in [-0.05, 0) is 35.9 Å². The van der Waals surface area contributed by atoms with E-state index in [9.17, 15) is 4.79 Å². The Labute approximate surface area is 170 Å². The molecule has 4 rings (SSSR count). The van der Waals surface area contributed by atoms with Crippen LogP contribution in [0, 0.1) is 0 Å². The first-order valence-electron chi connectivity index (χ1n) is 9.80. The first kappa shape index (κ1) is 19.2. The van der Waals surface area contributed by atoms with Gasteiger partial charge in [-0.25, -0.2) is 0 Å². The van der Waals surface area contributed by atoms with Gasteiger partial charge in [-0.2, -0.15) is 0 Å². The van der Waals surface area contributed by atoms with E-state index < -0.39 is 0 Å². The summed E-state index contributed by atoms with van der Waals surface area (Å²) in [6.45, 7) is 4.41. The predicted octanol–water partition coefficient (Wildman–Crippen LogP) is 4.43. The van der Waals surface area contributed by atoms with Crippen molar-refractivity contribution in [3.05, 3.63) is 84.1 Å². The van der Waals surface area contributed by atoms with Gasteiger partial charge in [0, 0.05) is 37.0 Å². The maximum Gasteiger partial charge on any atom is 0.248 e. The Morgan fingerprint density at radius 2 is 1.72 bits per heavy atom. The summed E-state index contributed by atoms with van der Waals surface area (Å²) in [5.74, 6) is 1.23. The van der Waals surface area contributed by atoms with E-state index in [1.54, 1.807) is 6.08 Å². The van der Waals surface area contributed by atoms with Crippen molar-refractivity contribution in [1.29, 1.82) is 0 Å². The van der Waals surface area contributed by atoms with Gasteiger partial charge >= 0.3 is 0 Å². The third-order valence-corrected chi connectivity index (χ3v) is 4.82. The largest absolute Gasteiger partial charge is 0.457 e. The Kier molecular flexibility index (Phi) is 6.19. The van der Waals surface area contributed by atoms with Crippen LogP contribution in [0.15, 0.2) is 77.2 Å². The van der Waals surface area contributed by atoms with E-state index >= 15 is 0 Å². The van der Waals surface area contributed by atoms with Crippen molar-refractivity contribution in [2.24, 2.45) is 0 Å². The Morgan fingerprint density at radius 3 is 2.48 bits per heavy atom.